The molecular weight excluding hydrogens is 418 g/mol. The molecule has 0 saturated heterocycles. The highest BCUT2D eigenvalue weighted by Gasteiger charge is 2.28. The van der Waals surface area contributed by atoms with Crippen LogP contribution in [0.15, 0.2) is 46.5 Å². The minimum Gasteiger partial charge on any atom is -0.361 e. The summed E-state index contributed by atoms with van der Waals surface area (Å²) in [7, 11) is 3.44. The lowest BCUT2D eigenvalue weighted by Crippen LogP contribution is -2.38. The summed E-state index contributed by atoms with van der Waals surface area (Å²) in [6.45, 7) is 3.11. The van der Waals surface area contributed by atoms with Gasteiger partial charge in [-0.1, -0.05) is 11.6 Å². The average molecular weight is 444 g/mol. The van der Waals surface area contributed by atoms with Crippen LogP contribution in [0.4, 0.5) is 0 Å². The fourth-order valence-corrected chi connectivity index (χ4v) is 4.63. The minimum absolute atomic E-state index is 0.316. The Kier molecular flexibility index (Phi) is 4.23. The lowest BCUT2D eigenvalue weighted by molar-refractivity contribution is 0.572. The predicted molar refractivity (Wildman–Crippen MR) is 126 cm³/mol. The first kappa shape index (κ1) is 19.8. The van der Waals surface area contributed by atoms with Gasteiger partial charge in [0, 0.05) is 37.7 Å². The largest absolute Gasteiger partial charge is 0.361 e. The topological polar surface area (TPSA) is 95.4 Å². The summed E-state index contributed by atoms with van der Waals surface area (Å²) in [5, 5.41) is 6.44. The van der Waals surface area contributed by atoms with Crippen LogP contribution in [0, 0.1) is 12.8 Å². The third kappa shape index (κ3) is 3.06. The van der Waals surface area contributed by atoms with E-state index in [4.69, 9.17) is 5.10 Å². The van der Waals surface area contributed by atoms with Crippen molar-refractivity contribution >= 4 is 21.9 Å². The number of aromatic amines is 1. The van der Waals surface area contributed by atoms with Crippen molar-refractivity contribution in [1.82, 2.24) is 33.4 Å². The van der Waals surface area contributed by atoms with Crippen LogP contribution < -0.4 is 11.2 Å². The Balaban J connectivity index is 1.64. The zero-order chi connectivity index (χ0) is 22.9. The molecule has 1 fully saturated rings. The molecule has 9 heteroatoms. The van der Waals surface area contributed by atoms with E-state index >= 15 is 0 Å². The van der Waals surface area contributed by atoms with Gasteiger partial charge in [-0.2, -0.15) is 5.10 Å². The highest BCUT2D eigenvalue weighted by molar-refractivity contribution is 5.90. The molecule has 5 aromatic rings. The molecule has 1 aromatic carbocycles. The van der Waals surface area contributed by atoms with Gasteiger partial charge in [-0.25, -0.2) is 9.78 Å². The van der Waals surface area contributed by atoms with Crippen molar-refractivity contribution in [2.24, 2.45) is 20.0 Å². The molecule has 0 atom stereocenters. The van der Waals surface area contributed by atoms with Gasteiger partial charge in [0.1, 0.15) is 11.1 Å². The van der Waals surface area contributed by atoms with Gasteiger partial charge < -0.3 is 9.55 Å². The number of nitrogens with one attached hydrogen (secondary N) is 1. The smallest absolute Gasteiger partial charge is 0.332 e. The van der Waals surface area contributed by atoms with Gasteiger partial charge >= 0.3 is 5.69 Å². The summed E-state index contributed by atoms with van der Waals surface area (Å²) in [4.78, 5) is 34.0. The summed E-state index contributed by atoms with van der Waals surface area (Å²) in [6.07, 6.45) is 7.63. The van der Waals surface area contributed by atoms with E-state index in [2.05, 4.69) is 35.1 Å². The standard InChI is InChI=1S/C24H25N7O2/c1-14-4-7-18-17(8-14)16(9-26-18)12-31-21(19-10-25-13-28(19)2)20-22(27-31)30(11-15-5-6-15)24(33)29(3)23(20)32/h4,7-10,13,15,26H,5-6,11-12H2,1-3H3. The number of benzene rings is 1. The molecular formula is C24H25N7O2. The summed E-state index contributed by atoms with van der Waals surface area (Å²) in [5.41, 5.74) is 4.55. The summed E-state index contributed by atoms with van der Waals surface area (Å²) >= 11 is 0. The van der Waals surface area contributed by atoms with E-state index in [1.807, 2.05) is 22.5 Å². The number of hydrogen-bond donors (Lipinski definition) is 1. The van der Waals surface area contributed by atoms with Crippen molar-refractivity contribution < 1.29 is 0 Å². The lowest BCUT2D eigenvalue weighted by Gasteiger charge is -2.09. The molecule has 0 aliphatic heterocycles. The highest BCUT2D eigenvalue weighted by atomic mass is 16.2. The molecule has 9 nitrogen and oxygen atoms in total. The molecule has 0 amide bonds. The van der Waals surface area contributed by atoms with Crippen LogP contribution in [0.3, 0.4) is 0 Å². The van der Waals surface area contributed by atoms with E-state index in [0.29, 0.717) is 35.7 Å². The van der Waals surface area contributed by atoms with Crippen LogP contribution in [0.5, 0.6) is 0 Å². The molecule has 1 aliphatic rings. The molecule has 0 unspecified atom stereocenters. The van der Waals surface area contributed by atoms with Gasteiger partial charge in [0.2, 0.25) is 0 Å². The number of hydrogen-bond acceptors (Lipinski definition) is 4. The number of H-pyrrole nitrogens is 1. The second-order valence-electron chi connectivity index (χ2n) is 9.16. The van der Waals surface area contributed by atoms with E-state index in [-0.39, 0.29) is 11.2 Å². The Bertz CT molecular complexity index is 1660. The first-order chi connectivity index (χ1) is 15.9. The van der Waals surface area contributed by atoms with Crippen molar-refractivity contribution in [3.63, 3.8) is 0 Å². The first-order valence-corrected chi connectivity index (χ1v) is 11.2. The highest BCUT2D eigenvalue weighted by Crippen LogP contribution is 2.32. The Hall–Kier alpha value is -3.88. The molecule has 6 rings (SSSR count). The van der Waals surface area contributed by atoms with Gasteiger partial charge in [-0.05, 0) is 43.4 Å². The maximum absolute atomic E-state index is 13.4. The van der Waals surface area contributed by atoms with E-state index < -0.39 is 0 Å². The van der Waals surface area contributed by atoms with E-state index in [1.54, 1.807) is 24.1 Å². The van der Waals surface area contributed by atoms with Crippen molar-refractivity contribution in [3.05, 3.63) is 68.9 Å². The predicted octanol–water partition coefficient (Wildman–Crippen LogP) is 2.55. The van der Waals surface area contributed by atoms with E-state index in [0.717, 1.165) is 35.0 Å². The number of aryl methyl sites for hydroxylation is 2. The first-order valence-electron chi connectivity index (χ1n) is 11.2. The maximum atomic E-state index is 13.4. The van der Waals surface area contributed by atoms with Crippen LogP contribution >= 0.6 is 0 Å². The van der Waals surface area contributed by atoms with Gasteiger partial charge in [0.25, 0.3) is 5.56 Å². The molecule has 0 radical (unpaired) electrons. The van der Waals surface area contributed by atoms with Crippen molar-refractivity contribution in [1.29, 1.82) is 0 Å². The molecule has 168 valence electrons. The Morgan fingerprint density at radius 2 is 2.00 bits per heavy atom. The lowest BCUT2D eigenvalue weighted by atomic mass is 10.1. The summed E-state index contributed by atoms with van der Waals surface area (Å²) in [5.74, 6) is 0.463. The number of aromatic nitrogens is 7. The van der Waals surface area contributed by atoms with Crippen LogP contribution in [-0.4, -0.2) is 33.4 Å². The van der Waals surface area contributed by atoms with Crippen molar-refractivity contribution in [2.75, 3.05) is 0 Å². The zero-order valence-electron chi connectivity index (χ0n) is 18.9. The zero-order valence-corrected chi connectivity index (χ0v) is 18.9. The van der Waals surface area contributed by atoms with Gasteiger partial charge in [0.15, 0.2) is 5.65 Å². The minimum atomic E-state index is -0.334. The molecule has 1 aliphatic carbocycles. The monoisotopic (exact) mass is 443 g/mol. The second-order valence-corrected chi connectivity index (χ2v) is 9.16. The number of rotatable bonds is 5. The second kappa shape index (κ2) is 7.06. The quantitative estimate of drug-likeness (QED) is 0.452. The van der Waals surface area contributed by atoms with E-state index in [9.17, 15) is 9.59 Å². The maximum Gasteiger partial charge on any atom is 0.332 e. The normalized spacial score (nSPS) is 14.0. The molecule has 0 bridgehead atoms. The fraction of sp³-hybridized carbons (Fsp3) is 0.333. The van der Waals surface area contributed by atoms with Gasteiger partial charge in [0.05, 0.1) is 24.8 Å². The number of nitrogens with zero attached hydrogens (tertiary/aromatic N) is 6. The summed E-state index contributed by atoms with van der Waals surface area (Å²) in [6, 6.07) is 6.29. The van der Waals surface area contributed by atoms with Gasteiger partial charge in [-0.15, -0.1) is 0 Å². The molecule has 0 spiro atoms. The molecule has 1 saturated carbocycles. The molecule has 1 N–H and O–H groups in total. The number of imidazole rings is 1. The van der Waals surface area contributed by atoms with Crippen molar-refractivity contribution in [2.45, 2.75) is 32.9 Å². The third-order valence-electron chi connectivity index (χ3n) is 6.67. The Labute approximate surface area is 188 Å². The SMILES string of the molecule is Cc1ccc2[nH]cc(Cn3nc4c(c3-c3cncn3C)c(=O)n(C)c(=O)n4CC3CC3)c2c1. The fourth-order valence-electron chi connectivity index (χ4n) is 4.63. The Morgan fingerprint density at radius 3 is 2.73 bits per heavy atom. The van der Waals surface area contributed by atoms with Crippen LogP contribution in [0.25, 0.3) is 33.3 Å². The van der Waals surface area contributed by atoms with Gasteiger partial charge in [-0.3, -0.25) is 18.6 Å². The average Bonchev–Trinajstić information content (AvgIpc) is 3.21. The Morgan fingerprint density at radius 1 is 1.18 bits per heavy atom. The number of fused-ring (bicyclic) bond motifs is 2. The molecule has 4 heterocycles. The van der Waals surface area contributed by atoms with Crippen molar-refractivity contribution in [3.8, 4) is 11.4 Å². The van der Waals surface area contributed by atoms with E-state index in [1.165, 1.54) is 10.1 Å². The van der Waals surface area contributed by atoms with Crippen LogP contribution in [-0.2, 0) is 27.2 Å². The van der Waals surface area contributed by atoms with Crippen LogP contribution in [0.2, 0.25) is 0 Å². The third-order valence-corrected chi connectivity index (χ3v) is 6.67. The summed E-state index contributed by atoms with van der Waals surface area (Å²) < 4.78 is 6.59. The van der Waals surface area contributed by atoms with Crippen LogP contribution in [0.1, 0.15) is 24.0 Å². The molecule has 33 heavy (non-hydrogen) atoms. The molecule has 4 aromatic heterocycles.